The summed E-state index contributed by atoms with van der Waals surface area (Å²) in [5.74, 6) is 1.75. The molecule has 1 unspecified atom stereocenters. The van der Waals surface area contributed by atoms with Crippen LogP contribution in [0.25, 0.3) is 22.2 Å². The van der Waals surface area contributed by atoms with Crippen molar-refractivity contribution in [3.05, 3.63) is 59.7 Å². The summed E-state index contributed by atoms with van der Waals surface area (Å²) in [7, 11) is 5.29. The van der Waals surface area contributed by atoms with Gasteiger partial charge in [-0.25, -0.2) is 4.98 Å². The third-order valence-corrected chi connectivity index (χ3v) is 10.7. The molecule has 2 fully saturated rings. The Hall–Kier alpha value is -3.90. The largest absolute Gasteiger partial charge is 0.494 e. The summed E-state index contributed by atoms with van der Waals surface area (Å²) in [5.41, 5.74) is 6.42. The van der Waals surface area contributed by atoms with Crippen molar-refractivity contribution in [1.82, 2.24) is 34.6 Å². The molecule has 0 saturated carbocycles. The maximum atomic E-state index is 6.39. The van der Waals surface area contributed by atoms with Crippen LogP contribution in [0.5, 0.6) is 5.75 Å². The molecule has 5 heterocycles. The molecule has 14 heteroatoms. The number of rotatable bonds is 8. The lowest BCUT2D eigenvalue weighted by molar-refractivity contribution is -0.0885. The number of aryl methyl sites for hydroxylation is 1. The highest BCUT2D eigenvalue weighted by molar-refractivity contribution is 9.10. The van der Waals surface area contributed by atoms with Gasteiger partial charge in [-0.05, 0) is 60.9 Å². The van der Waals surface area contributed by atoms with E-state index >= 15 is 0 Å². The minimum atomic E-state index is -0.493. The van der Waals surface area contributed by atoms with Crippen molar-refractivity contribution in [3.63, 3.8) is 0 Å². The van der Waals surface area contributed by atoms with Crippen LogP contribution in [0.3, 0.4) is 0 Å². The highest BCUT2D eigenvalue weighted by Crippen LogP contribution is 2.43. The molecule has 3 aromatic heterocycles. The second kappa shape index (κ2) is 13.0. The predicted molar refractivity (Wildman–Crippen MR) is 192 cm³/mol. The van der Waals surface area contributed by atoms with Crippen molar-refractivity contribution in [2.45, 2.75) is 12.0 Å². The third-order valence-electron chi connectivity index (χ3n) is 8.73. The van der Waals surface area contributed by atoms with Crippen LogP contribution in [0.15, 0.2) is 59.7 Å². The van der Waals surface area contributed by atoms with Crippen LogP contribution < -0.4 is 25.6 Å². The molecule has 0 amide bonds. The minimum Gasteiger partial charge on any atom is -0.494 e. The quantitative estimate of drug-likeness (QED) is 0.202. The first-order chi connectivity index (χ1) is 22.7. The lowest BCUT2D eigenvalue weighted by Crippen LogP contribution is -2.51. The Kier molecular flexibility index (Phi) is 8.73. The standard InChI is InChI=1S/C33H38BrN10O2P/c1-42-12-13-46-33(19-42)8-11-44(20-33)27-15-28(45-3)26(14-22(27)21-16-38-43(2)18-21)40-32-37-17-23(34)31(41-32)39-25-7-6-24-29(30(25)47(4)5)36-10-9-35-24/h6-7,9-10,14-18H,8,11-13,19-20H2,1-5H3,(H2,37,39,40,41). The van der Waals surface area contributed by atoms with Gasteiger partial charge < -0.3 is 29.9 Å². The van der Waals surface area contributed by atoms with Gasteiger partial charge in [0.15, 0.2) is 0 Å². The summed E-state index contributed by atoms with van der Waals surface area (Å²) in [5, 5.41) is 12.6. The lowest BCUT2D eigenvalue weighted by Gasteiger charge is -2.39. The monoisotopic (exact) mass is 716 g/mol. The number of hydrogen-bond acceptors (Lipinski definition) is 11. The number of morpholine rings is 1. The van der Waals surface area contributed by atoms with Gasteiger partial charge >= 0.3 is 0 Å². The SMILES string of the molecule is COc1cc(N2CCC3(CN(C)CCO3)C2)c(-c2cnn(C)c2)cc1Nc1ncc(Br)c(Nc2ccc3nccnc3c2P(C)C)n1. The summed E-state index contributed by atoms with van der Waals surface area (Å²) in [4.78, 5) is 23.4. The van der Waals surface area contributed by atoms with E-state index < -0.39 is 7.92 Å². The summed E-state index contributed by atoms with van der Waals surface area (Å²) < 4.78 is 14.9. The van der Waals surface area contributed by atoms with Crippen molar-refractivity contribution < 1.29 is 9.47 Å². The van der Waals surface area contributed by atoms with Crippen LogP contribution >= 0.6 is 23.9 Å². The zero-order chi connectivity index (χ0) is 32.7. The number of halogens is 1. The minimum absolute atomic E-state index is 0.174. The van der Waals surface area contributed by atoms with E-state index in [1.165, 1.54) is 0 Å². The predicted octanol–water partition coefficient (Wildman–Crippen LogP) is 5.36. The van der Waals surface area contributed by atoms with Gasteiger partial charge in [-0.2, -0.15) is 10.1 Å². The average Bonchev–Trinajstić information content (AvgIpc) is 3.68. The molecular formula is C33H38BrN10O2P. The molecule has 244 valence electrons. The Labute approximate surface area is 283 Å². The van der Waals surface area contributed by atoms with Crippen molar-refractivity contribution in [2.75, 3.05) is 75.8 Å². The van der Waals surface area contributed by atoms with Crippen LogP contribution in [0.4, 0.5) is 28.8 Å². The topological polar surface area (TPSA) is 118 Å². The number of methoxy groups -OCH3 is 1. The zero-order valence-electron chi connectivity index (χ0n) is 27.2. The van der Waals surface area contributed by atoms with Gasteiger partial charge in [0.1, 0.15) is 11.6 Å². The molecule has 2 aliphatic heterocycles. The Morgan fingerprint density at radius 3 is 2.62 bits per heavy atom. The Morgan fingerprint density at radius 2 is 1.85 bits per heavy atom. The van der Waals surface area contributed by atoms with Gasteiger partial charge in [-0.15, -0.1) is 0 Å². The van der Waals surface area contributed by atoms with Crippen molar-refractivity contribution in [3.8, 4) is 16.9 Å². The average molecular weight is 718 g/mol. The van der Waals surface area contributed by atoms with E-state index in [1.807, 2.05) is 36.3 Å². The maximum absolute atomic E-state index is 6.39. The number of ether oxygens (including phenoxy) is 2. The number of hydrogen-bond donors (Lipinski definition) is 2. The smallest absolute Gasteiger partial charge is 0.229 e. The number of fused-ring (bicyclic) bond motifs is 1. The summed E-state index contributed by atoms with van der Waals surface area (Å²) in [6.45, 7) is 8.77. The molecule has 2 aromatic carbocycles. The third kappa shape index (κ3) is 6.37. The number of nitrogens with one attached hydrogen (secondary N) is 2. The first-order valence-corrected chi connectivity index (χ1v) is 18.5. The molecule has 1 spiro atoms. The van der Waals surface area contributed by atoms with Crippen LogP contribution in [0, 0.1) is 0 Å². The zero-order valence-corrected chi connectivity index (χ0v) is 29.6. The van der Waals surface area contributed by atoms with Crippen LogP contribution in [0.2, 0.25) is 0 Å². The van der Waals surface area contributed by atoms with Crippen molar-refractivity contribution in [1.29, 1.82) is 0 Å². The molecule has 7 rings (SSSR count). The fourth-order valence-electron chi connectivity index (χ4n) is 6.56. The molecule has 0 bridgehead atoms. The molecule has 12 nitrogen and oxygen atoms in total. The van der Waals surface area contributed by atoms with Gasteiger partial charge in [0.2, 0.25) is 5.95 Å². The first-order valence-electron chi connectivity index (χ1n) is 15.5. The first kappa shape index (κ1) is 31.7. The lowest BCUT2D eigenvalue weighted by atomic mass is 10.0. The highest BCUT2D eigenvalue weighted by atomic mass is 79.9. The Balaban J connectivity index is 1.23. The highest BCUT2D eigenvalue weighted by Gasteiger charge is 2.42. The number of nitrogens with zero attached hydrogens (tertiary/aromatic N) is 8. The number of benzene rings is 2. The number of likely N-dealkylation sites (N-methyl/N-ethyl adjacent to an activating group) is 1. The molecule has 0 radical (unpaired) electrons. The molecule has 47 heavy (non-hydrogen) atoms. The molecule has 5 aromatic rings. The molecule has 1 atom stereocenters. The molecular weight excluding hydrogens is 679 g/mol. The summed E-state index contributed by atoms with van der Waals surface area (Å²) in [6, 6.07) is 8.22. The van der Waals surface area contributed by atoms with E-state index in [0.29, 0.717) is 17.5 Å². The normalized spacial score (nSPS) is 18.4. The van der Waals surface area contributed by atoms with E-state index in [9.17, 15) is 0 Å². The van der Waals surface area contributed by atoms with Crippen LogP contribution in [-0.4, -0.2) is 100 Å². The summed E-state index contributed by atoms with van der Waals surface area (Å²) >= 11 is 3.65. The van der Waals surface area contributed by atoms with E-state index in [1.54, 1.807) is 25.7 Å². The fourth-order valence-corrected chi connectivity index (χ4v) is 8.06. The second-order valence-electron chi connectivity index (χ2n) is 12.3. The van der Waals surface area contributed by atoms with Crippen LogP contribution in [0.1, 0.15) is 6.42 Å². The van der Waals surface area contributed by atoms with Gasteiger partial charge in [0.05, 0.1) is 46.7 Å². The maximum Gasteiger partial charge on any atom is 0.229 e. The molecule has 2 N–H and O–H groups in total. The number of aromatic nitrogens is 6. The summed E-state index contributed by atoms with van der Waals surface area (Å²) in [6.07, 6.45) is 10.1. The second-order valence-corrected chi connectivity index (χ2v) is 15.4. The number of anilines is 5. The van der Waals surface area contributed by atoms with E-state index in [2.05, 4.69) is 88.9 Å². The van der Waals surface area contributed by atoms with Gasteiger partial charge in [-0.3, -0.25) is 14.6 Å². The Bertz CT molecular complexity index is 1940. The van der Waals surface area contributed by atoms with Crippen molar-refractivity contribution >= 4 is 69.0 Å². The van der Waals surface area contributed by atoms with Crippen molar-refractivity contribution in [2.24, 2.45) is 7.05 Å². The fraction of sp³-hybridized carbons (Fsp3) is 0.364. The van der Waals surface area contributed by atoms with Gasteiger partial charge in [0, 0.05) is 91.9 Å². The van der Waals surface area contributed by atoms with E-state index in [-0.39, 0.29) is 5.60 Å². The molecule has 0 aliphatic carbocycles. The van der Waals surface area contributed by atoms with E-state index in [0.717, 1.165) is 88.2 Å². The molecule has 2 saturated heterocycles. The van der Waals surface area contributed by atoms with Gasteiger partial charge in [0.25, 0.3) is 0 Å². The Morgan fingerprint density at radius 1 is 1.00 bits per heavy atom. The van der Waals surface area contributed by atoms with E-state index in [4.69, 9.17) is 14.5 Å². The van der Waals surface area contributed by atoms with Gasteiger partial charge in [-0.1, -0.05) is 7.92 Å². The van der Waals surface area contributed by atoms with Crippen LogP contribution in [-0.2, 0) is 11.8 Å². The molecule has 2 aliphatic rings.